The molecule has 6 heteroatoms. The fourth-order valence-electron chi connectivity index (χ4n) is 2.47. The summed E-state index contributed by atoms with van der Waals surface area (Å²) in [7, 11) is 0. The highest BCUT2D eigenvalue weighted by molar-refractivity contribution is 6.04. The Balaban J connectivity index is 1.79. The molecule has 27 heavy (non-hydrogen) atoms. The Bertz CT molecular complexity index is 758. The first-order chi connectivity index (χ1) is 13.1. The first-order valence-electron chi connectivity index (χ1n) is 9.16. The van der Waals surface area contributed by atoms with Gasteiger partial charge in [0.1, 0.15) is 0 Å². The van der Waals surface area contributed by atoms with Crippen LogP contribution in [0, 0.1) is 0 Å². The Morgan fingerprint density at radius 1 is 0.741 bits per heavy atom. The van der Waals surface area contributed by atoms with Gasteiger partial charge < -0.3 is 5.32 Å². The lowest BCUT2D eigenvalue weighted by Gasteiger charge is -2.09. The summed E-state index contributed by atoms with van der Waals surface area (Å²) >= 11 is 0. The molecule has 0 bridgehead atoms. The van der Waals surface area contributed by atoms with Gasteiger partial charge in [0.05, 0.1) is 0 Å². The van der Waals surface area contributed by atoms with Gasteiger partial charge >= 0.3 is 0 Å². The van der Waals surface area contributed by atoms with E-state index in [1.165, 1.54) is 0 Å². The summed E-state index contributed by atoms with van der Waals surface area (Å²) in [5, 5.41) is 2.77. The number of carbonyl (C=O) groups is 3. The highest BCUT2D eigenvalue weighted by atomic mass is 16.2. The molecular formula is C21H25N3O3. The number of rotatable bonds is 8. The Labute approximate surface area is 159 Å². The number of nitrogens with one attached hydrogen (secondary N) is 3. The summed E-state index contributed by atoms with van der Waals surface area (Å²) in [6.45, 7) is 2.11. The summed E-state index contributed by atoms with van der Waals surface area (Å²) in [6, 6.07) is 15.3. The number of anilines is 1. The van der Waals surface area contributed by atoms with E-state index in [1.54, 1.807) is 48.5 Å². The summed E-state index contributed by atoms with van der Waals surface area (Å²) in [5.74, 6) is -0.827. The first kappa shape index (κ1) is 20.2. The van der Waals surface area contributed by atoms with E-state index in [-0.39, 0.29) is 11.8 Å². The van der Waals surface area contributed by atoms with Crippen molar-refractivity contribution in [3.63, 3.8) is 0 Å². The number of amides is 3. The molecule has 0 aliphatic rings. The zero-order valence-electron chi connectivity index (χ0n) is 15.5. The van der Waals surface area contributed by atoms with Gasteiger partial charge in [-0.2, -0.15) is 0 Å². The summed E-state index contributed by atoms with van der Waals surface area (Å²) in [5.41, 5.74) is 6.35. The lowest BCUT2D eigenvalue weighted by molar-refractivity contribution is -0.122. The van der Waals surface area contributed by atoms with Gasteiger partial charge in [-0.15, -0.1) is 0 Å². The van der Waals surface area contributed by atoms with Crippen molar-refractivity contribution in [2.75, 3.05) is 5.32 Å². The summed E-state index contributed by atoms with van der Waals surface area (Å²) in [6.07, 6.45) is 4.43. The van der Waals surface area contributed by atoms with Gasteiger partial charge in [0.2, 0.25) is 5.91 Å². The van der Waals surface area contributed by atoms with E-state index in [0.717, 1.165) is 25.7 Å². The maximum Gasteiger partial charge on any atom is 0.269 e. The minimum atomic E-state index is -0.405. The maximum atomic E-state index is 12.1. The Morgan fingerprint density at radius 3 is 2.07 bits per heavy atom. The Hall–Kier alpha value is -3.15. The molecule has 0 saturated carbocycles. The van der Waals surface area contributed by atoms with Crippen LogP contribution < -0.4 is 16.2 Å². The van der Waals surface area contributed by atoms with Gasteiger partial charge in [0.15, 0.2) is 0 Å². The first-order valence-corrected chi connectivity index (χ1v) is 9.16. The van der Waals surface area contributed by atoms with Crippen molar-refractivity contribution in [1.29, 1.82) is 0 Å². The zero-order chi connectivity index (χ0) is 19.5. The van der Waals surface area contributed by atoms with Crippen LogP contribution in [0.15, 0.2) is 54.6 Å². The van der Waals surface area contributed by atoms with E-state index in [4.69, 9.17) is 0 Å². The maximum absolute atomic E-state index is 12.1. The van der Waals surface area contributed by atoms with Crippen LogP contribution in [0.3, 0.4) is 0 Å². The minimum Gasteiger partial charge on any atom is -0.322 e. The second-order valence-corrected chi connectivity index (χ2v) is 6.21. The topological polar surface area (TPSA) is 87.3 Å². The molecule has 0 unspecified atom stereocenters. The molecule has 2 aromatic carbocycles. The van der Waals surface area contributed by atoms with Gasteiger partial charge in [-0.05, 0) is 42.8 Å². The second-order valence-electron chi connectivity index (χ2n) is 6.21. The molecule has 0 radical (unpaired) electrons. The van der Waals surface area contributed by atoms with Crippen molar-refractivity contribution < 1.29 is 14.4 Å². The van der Waals surface area contributed by atoms with Crippen LogP contribution in [0.2, 0.25) is 0 Å². The largest absolute Gasteiger partial charge is 0.322 e. The quantitative estimate of drug-likeness (QED) is 0.491. The van der Waals surface area contributed by atoms with Crippen molar-refractivity contribution in [3.05, 3.63) is 65.7 Å². The van der Waals surface area contributed by atoms with E-state index in [0.29, 0.717) is 23.2 Å². The van der Waals surface area contributed by atoms with Crippen molar-refractivity contribution in [2.45, 2.75) is 39.0 Å². The SMILES string of the molecule is CCCCCCC(=O)NNC(=O)c1ccc(NC(=O)c2ccccc2)cc1. The van der Waals surface area contributed by atoms with Crippen LogP contribution in [-0.4, -0.2) is 17.7 Å². The van der Waals surface area contributed by atoms with Gasteiger partial charge in [-0.1, -0.05) is 44.4 Å². The molecule has 0 aliphatic heterocycles. The number of hydrazine groups is 1. The molecule has 0 heterocycles. The highest BCUT2D eigenvalue weighted by Gasteiger charge is 2.09. The lowest BCUT2D eigenvalue weighted by atomic mass is 10.1. The van der Waals surface area contributed by atoms with Crippen LogP contribution in [-0.2, 0) is 4.79 Å². The van der Waals surface area contributed by atoms with E-state index in [1.807, 2.05) is 6.07 Å². The van der Waals surface area contributed by atoms with E-state index < -0.39 is 5.91 Å². The average Bonchev–Trinajstić information content (AvgIpc) is 2.70. The molecular weight excluding hydrogens is 342 g/mol. The third kappa shape index (κ3) is 6.93. The van der Waals surface area contributed by atoms with Crippen molar-refractivity contribution in [3.8, 4) is 0 Å². The van der Waals surface area contributed by atoms with E-state index in [9.17, 15) is 14.4 Å². The van der Waals surface area contributed by atoms with Crippen LogP contribution >= 0.6 is 0 Å². The zero-order valence-corrected chi connectivity index (χ0v) is 15.5. The van der Waals surface area contributed by atoms with Gasteiger partial charge in [-0.25, -0.2) is 0 Å². The molecule has 2 rings (SSSR count). The van der Waals surface area contributed by atoms with E-state index in [2.05, 4.69) is 23.1 Å². The van der Waals surface area contributed by atoms with Gasteiger partial charge in [0, 0.05) is 23.2 Å². The molecule has 6 nitrogen and oxygen atoms in total. The third-order valence-corrected chi connectivity index (χ3v) is 4.01. The van der Waals surface area contributed by atoms with E-state index >= 15 is 0 Å². The molecule has 0 fully saturated rings. The summed E-state index contributed by atoms with van der Waals surface area (Å²) in [4.78, 5) is 35.8. The van der Waals surface area contributed by atoms with Crippen molar-refractivity contribution in [2.24, 2.45) is 0 Å². The fraction of sp³-hybridized carbons (Fsp3) is 0.286. The van der Waals surface area contributed by atoms with Crippen LogP contribution in [0.5, 0.6) is 0 Å². The highest BCUT2D eigenvalue weighted by Crippen LogP contribution is 2.11. The number of hydrogen-bond acceptors (Lipinski definition) is 3. The summed E-state index contributed by atoms with van der Waals surface area (Å²) < 4.78 is 0. The number of hydrogen-bond donors (Lipinski definition) is 3. The Kier molecular flexibility index (Phi) is 8.03. The molecule has 0 aromatic heterocycles. The number of carbonyl (C=O) groups excluding carboxylic acids is 3. The minimum absolute atomic E-state index is 0.203. The molecule has 0 aliphatic carbocycles. The van der Waals surface area contributed by atoms with Crippen LogP contribution in [0.1, 0.15) is 59.7 Å². The fourth-order valence-corrected chi connectivity index (χ4v) is 2.47. The van der Waals surface area contributed by atoms with Gasteiger partial charge in [-0.3, -0.25) is 25.2 Å². The third-order valence-electron chi connectivity index (χ3n) is 4.01. The molecule has 0 spiro atoms. The Morgan fingerprint density at radius 2 is 1.41 bits per heavy atom. The molecule has 0 saturated heterocycles. The lowest BCUT2D eigenvalue weighted by Crippen LogP contribution is -2.41. The van der Waals surface area contributed by atoms with Crippen molar-refractivity contribution >= 4 is 23.4 Å². The van der Waals surface area contributed by atoms with Gasteiger partial charge in [0.25, 0.3) is 11.8 Å². The average molecular weight is 367 g/mol. The molecule has 142 valence electrons. The van der Waals surface area contributed by atoms with Crippen LogP contribution in [0.4, 0.5) is 5.69 Å². The smallest absolute Gasteiger partial charge is 0.269 e. The standard InChI is InChI=1S/C21H25N3O3/c1-2-3-4-8-11-19(25)23-24-21(27)17-12-14-18(15-13-17)22-20(26)16-9-6-5-7-10-16/h5-7,9-10,12-15H,2-4,8,11H2,1H3,(H,22,26)(H,23,25)(H,24,27). The molecule has 3 N–H and O–H groups in total. The monoisotopic (exact) mass is 367 g/mol. The molecule has 0 atom stereocenters. The normalized spacial score (nSPS) is 10.1. The predicted molar refractivity (Wildman–Crippen MR) is 105 cm³/mol. The van der Waals surface area contributed by atoms with Crippen molar-refractivity contribution in [1.82, 2.24) is 10.9 Å². The molecule has 3 amide bonds. The number of unbranched alkanes of at least 4 members (excludes halogenated alkanes) is 3. The predicted octanol–water partition coefficient (Wildman–Crippen LogP) is 3.67. The number of benzene rings is 2. The second kappa shape index (κ2) is 10.8. The van der Waals surface area contributed by atoms with Crippen LogP contribution in [0.25, 0.3) is 0 Å². The molecule has 2 aromatic rings.